The van der Waals surface area contributed by atoms with Crippen molar-refractivity contribution in [3.05, 3.63) is 42.1 Å². The molecule has 1 aromatic carbocycles. The SMILES string of the molecule is Nc1ccccc1C(=O)NC(=O)N/C=C/C1CC1. The zero-order valence-corrected chi connectivity index (χ0v) is 9.85. The van der Waals surface area contributed by atoms with Crippen LogP contribution in [0.2, 0.25) is 0 Å². The van der Waals surface area contributed by atoms with E-state index in [0.717, 1.165) is 0 Å². The zero-order chi connectivity index (χ0) is 13.0. The van der Waals surface area contributed by atoms with E-state index in [0.29, 0.717) is 17.2 Å². The molecule has 3 amide bonds. The summed E-state index contributed by atoms with van der Waals surface area (Å²) in [6.45, 7) is 0. The first-order chi connectivity index (χ1) is 8.66. The number of nitrogens with one attached hydrogen (secondary N) is 2. The van der Waals surface area contributed by atoms with E-state index < -0.39 is 11.9 Å². The molecule has 5 nitrogen and oxygen atoms in total. The molecule has 2 rings (SSSR count). The van der Waals surface area contributed by atoms with Gasteiger partial charge in [-0.3, -0.25) is 10.1 Å². The molecule has 0 atom stereocenters. The topological polar surface area (TPSA) is 84.2 Å². The summed E-state index contributed by atoms with van der Waals surface area (Å²) in [5.74, 6) is 0.0659. The Balaban J connectivity index is 1.86. The van der Waals surface area contributed by atoms with E-state index in [1.807, 2.05) is 6.08 Å². The molecule has 94 valence electrons. The molecule has 0 saturated heterocycles. The van der Waals surface area contributed by atoms with Crippen LogP contribution in [0.3, 0.4) is 0 Å². The Kier molecular flexibility index (Phi) is 3.62. The Morgan fingerprint density at radius 1 is 1.28 bits per heavy atom. The number of para-hydroxylation sites is 1. The van der Waals surface area contributed by atoms with Crippen LogP contribution in [0.25, 0.3) is 0 Å². The fraction of sp³-hybridized carbons (Fsp3) is 0.231. The van der Waals surface area contributed by atoms with Crippen LogP contribution in [0.15, 0.2) is 36.5 Å². The van der Waals surface area contributed by atoms with E-state index in [9.17, 15) is 9.59 Å². The third kappa shape index (κ3) is 3.35. The summed E-state index contributed by atoms with van der Waals surface area (Å²) < 4.78 is 0. The highest BCUT2D eigenvalue weighted by Gasteiger charge is 2.17. The van der Waals surface area contributed by atoms with Gasteiger partial charge in [0.05, 0.1) is 5.56 Å². The largest absolute Gasteiger partial charge is 0.398 e. The number of amides is 3. The average molecular weight is 245 g/mol. The standard InChI is InChI=1S/C13H15N3O2/c14-11-4-2-1-3-10(11)12(17)16-13(18)15-8-7-9-5-6-9/h1-4,7-9H,5-6,14H2,(H2,15,16,17,18)/b8-7+. The number of nitrogens with two attached hydrogens (primary N) is 1. The number of urea groups is 1. The molecule has 18 heavy (non-hydrogen) atoms. The van der Waals surface area contributed by atoms with Crippen LogP contribution in [-0.2, 0) is 0 Å². The maximum atomic E-state index is 11.7. The summed E-state index contributed by atoms with van der Waals surface area (Å²) >= 11 is 0. The highest BCUT2D eigenvalue weighted by atomic mass is 16.2. The lowest BCUT2D eigenvalue weighted by Crippen LogP contribution is -2.37. The predicted molar refractivity (Wildman–Crippen MR) is 68.7 cm³/mol. The van der Waals surface area contributed by atoms with Gasteiger partial charge in [0.15, 0.2) is 0 Å². The van der Waals surface area contributed by atoms with Crippen molar-refractivity contribution in [1.29, 1.82) is 0 Å². The molecule has 0 heterocycles. The normalized spacial score (nSPS) is 14.4. The van der Waals surface area contributed by atoms with E-state index in [1.54, 1.807) is 30.5 Å². The van der Waals surface area contributed by atoms with Gasteiger partial charge in [0, 0.05) is 11.9 Å². The zero-order valence-electron chi connectivity index (χ0n) is 9.85. The van der Waals surface area contributed by atoms with Crippen molar-refractivity contribution in [2.45, 2.75) is 12.8 Å². The molecule has 1 fully saturated rings. The number of carbonyl (C=O) groups is 2. The smallest absolute Gasteiger partial charge is 0.325 e. The number of nitrogen functional groups attached to an aromatic ring is 1. The molecular formula is C13H15N3O2. The summed E-state index contributed by atoms with van der Waals surface area (Å²) in [5, 5.41) is 4.69. The monoisotopic (exact) mass is 245 g/mol. The number of allylic oxidation sites excluding steroid dienone is 1. The van der Waals surface area contributed by atoms with Crippen LogP contribution in [0.4, 0.5) is 10.5 Å². The van der Waals surface area contributed by atoms with E-state index in [1.165, 1.54) is 12.8 Å². The highest BCUT2D eigenvalue weighted by Crippen LogP contribution is 2.29. The van der Waals surface area contributed by atoms with Crippen molar-refractivity contribution in [2.24, 2.45) is 5.92 Å². The summed E-state index contributed by atoms with van der Waals surface area (Å²) in [5.41, 5.74) is 6.27. The number of rotatable bonds is 3. The summed E-state index contributed by atoms with van der Waals surface area (Å²) in [7, 11) is 0. The van der Waals surface area contributed by atoms with Gasteiger partial charge in [0.1, 0.15) is 0 Å². The van der Waals surface area contributed by atoms with Crippen molar-refractivity contribution < 1.29 is 9.59 Å². The lowest BCUT2D eigenvalue weighted by molar-refractivity contribution is 0.0965. The van der Waals surface area contributed by atoms with Crippen LogP contribution in [0.5, 0.6) is 0 Å². The molecular weight excluding hydrogens is 230 g/mol. The molecule has 1 aromatic rings. The molecule has 5 heteroatoms. The number of carbonyl (C=O) groups excluding carboxylic acids is 2. The quantitative estimate of drug-likeness (QED) is 0.708. The lowest BCUT2D eigenvalue weighted by atomic mass is 10.2. The van der Waals surface area contributed by atoms with Gasteiger partial charge in [-0.2, -0.15) is 0 Å². The van der Waals surface area contributed by atoms with Gasteiger partial charge >= 0.3 is 6.03 Å². The van der Waals surface area contributed by atoms with E-state index >= 15 is 0 Å². The number of benzene rings is 1. The van der Waals surface area contributed by atoms with Gasteiger partial charge in [-0.25, -0.2) is 4.79 Å². The van der Waals surface area contributed by atoms with Crippen LogP contribution in [0, 0.1) is 5.92 Å². The van der Waals surface area contributed by atoms with E-state index in [-0.39, 0.29) is 0 Å². The second-order valence-electron chi connectivity index (χ2n) is 4.21. The van der Waals surface area contributed by atoms with Crippen molar-refractivity contribution in [1.82, 2.24) is 10.6 Å². The Hall–Kier alpha value is -2.30. The molecule has 0 radical (unpaired) electrons. The van der Waals surface area contributed by atoms with Crippen LogP contribution in [-0.4, -0.2) is 11.9 Å². The van der Waals surface area contributed by atoms with Gasteiger partial charge in [-0.1, -0.05) is 18.2 Å². The summed E-state index contributed by atoms with van der Waals surface area (Å²) in [6, 6.07) is 6.04. The van der Waals surface area contributed by atoms with E-state index in [2.05, 4.69) is 10.6 Å². The molecule has 1 aliphatic carbocycles. The van der Waals surface area contributed by atoms with Crippen molar-refractivity contribution >= 4 is 17.6 Å². The van der Waals surface area contributed by atoms with Crippen LogP contribution < -0.4 is 16.4 Å². The number of imide groups is 1. The number of anilines is 1. The third-order valence-electron chi connectivity index (χ3n) is 2.64. The molecule has 0 unspecified atom stereocenters. The Bertz CT molecular complexity index is 493. The molecule has 1 saturated carbocycles. The average Bonchev–Trinajstić information content (AvgIpc) is 3.13. The van der Waals surface area contributed by atoms with Crippen LogP contribution in [0.1, 0.15) is 23.2 Å². The fourth-order valence-corrected chi connectivity index (χ4v) is 1.46. The van der Waals surface area contributed by atoms with Crippen LogP contribution >= 0.6 is 0 Å². The Labute approximate surface area is 105 Å². The molecule has 4 N–H and O–H groups in total. The third-order valence-corrected chi connectivity index (χ3v) is 2.64. The Morgan fingerprint density at radius 3 is 2.67 bits per heavy atom. The minimum absolute atomic E-state index is 0.291. The Morgan fingerprint density at radius 2 is 2.00 bits per heavy atom. The molecule has 0 bridgehead atoms. The van der Waals surface area contributed by atoms with Gasteiger partial charge in [0.2, 0.25) is 0 Å². The first-order valence-corrected chi connectivity index (χ1v) is 5.80. The molecule has 0 spiro atoms. The van der Waals surface area contributed by atoms with Crippen molar-refractivity contribution in [3.8, 4) is 0 Å². The first kappa shape index (κ1) is 12.2. The number of hydrogen-bond acceptors (Lipinski definition) is 3. The van der Waals surface area contributed by atoms with Gasteiger partial charge in [-0.05, 0) is 30.9 Å². The molecule has 0 aromatic heterocycles. The van der Waals surface area contributed by atoms with Crippen molar-refractivity contribution in [2.75, 3.05) is 5.73 Å². The highest BCUT2D eigenvalue weighted by molar-refractivity contribution is 6.07. The number of hydrogen-bond donors (Lipinski definition) is 3. The minimum Gasteiger partial charge on any atom is -0.398 e. The predicted octanol–water partition coefficient (Wildman–Crippen LogP) is 1.63. The first-order valence-electron chi connectivity index (χ1n) is 5.80. The van der Waals surface area contributed by atoms with Gasteiger partial charge in [-0.15, -0.1) is 0 Å². The van der Waals surface area contributed by atoms with Crippen molar-refractivity contribution in [3.63, 3.8) is 0 Å². The molecule has 0 aliphatic heterocycles. The maximum Gasteiger partial charge on any atom is 0.325 e. The second kappa shape index (κ2) is 5.35. The summed E-state index contributed by atoms with van der Waals surface area (Å²) in [4.78, 5) is 23.1. The lowest BCUT2D eigenvalue weighted by Gasteiger charge is -2.05. The minimum atomic E-state index is -0.555. The molecule has 1 aliphatic rings. The maximum absolute atomic E-state index is 11.7. The fourth-order valence-electron chi connectivity index (χ4n) is 1.46. The summed E-state index contributed by atoms with van der Waals surface area (Å²) in [6.07, 6.45) is 5.81. The van der Waals surface area contributed by atoms with Gasteiger partial charge < -0.3 is 11.1 Å². The van der Waals surface area contributed by atoms with E-state index in [4.69, 9.17) is 5.73 Å². The van der Waals surface area contributed by atoms with Gasteiger partial charge in [0.25, 0.3) is 5.91 Å². The second-order valence-corrected chi connectivity index (χ2v) is 4.21.